The second-order valence-corrected chi connectivity index (χ2v) is 8.29. The molecule has 1 aliphatic heterocycles. The maximum absolute atomic E-state index is 12.8. The van der Waals surface area contributed by atoms with E-state index in [1.165, 1.54) is 0 Å². The summed E-state index contributed by atoms with van der Waals surface area (Å²) in [6, 6.07) is 26.2. The summed E-state index contributed by atoms with van der Waals surface area (Å²) in [5.41, 5.74) is 1.81. The summed E-state index contributed by atoms with van der Waals surface area (Å²) in [4.78, 5) is 26.7. The minimum absolute atomic E-state index is 0.0805. The van der Waals surface area contributed by atoms with E-state index < -0.39 is 5.60 Å². The molecule has 1 saturated heterocycles. The molecular formula is C27H28N2O3. The van der Waals surface area contributed by atoms with E-state index in [0.717, 1.165) is 29.7 Å². The molecule has 0 radical (unpaired) electrons. The highest BCUT2D eigenvalue weighted by Crippen LogP contribution is 2.26. The number of rotatable bonds is 7. The predicted octanol–water partition coefficient (Wildman–Crippen LogP) is 4.06. The standard InChI is InChI=1S/C27H28N2O3/c30-25-13-7-8-18-29(25)24-16-14-22(15-17-24)26(31)28-20-27(32,23-11-5-2-6-12-23)19-21-9-3-1-4-10-21/h1-6,9-12,14-17,32H,7-8,13,18-20H2,(H,28,31)/t27-/m0/s1. The first-order valence-corrected chi connectivity index (χ1v) is 11.1. The van der Waals surface area contributed by atoms with Crippen LogP contribution in [0, 0.1) is 0 Å². The number of nitrogens with one attached hydrogen (secondary N) is 1. The van der Waals surface area contributed by atoms with Gasteiger partial charge in [0.1, 0.15) is 5.60 Å². The Morgan fingerprint density at radius 1 is 0.906 bits per heavy atom. The van der Waals surface area contributed by atoms with Crippen molar-refractivity contribution in [2.45, 2.75) is 31.3 Å². The lowest BCUT2D eigenvalue weighted by molar-refractivity contribution is -0.119. The van der Waals surface area contributed by atoms with Crippen LogP contribution in [0.2, 0.25) is 0 Å². The monoisotopic (exact) mass is 428 g/mol. The Labute approximate surface area is 188 Å². The lowest BCUT2D eigenvalue weighted by Crippen LogP contribution is -2.42. The molecule has 164 valence electrons. The molecular weight excluding hydrogens is 400 g/mol. The molecule has 0 bridgehead atoms. The molecule has 2 amide bonds. The third-order valence-electron chi connectivity index (χ3n) is 5.96. The summed E-state index contributed by atoms with van der Waals surface area (Å²) in [6.45, 7) is 0.797. The van der Waals surface area contributed by atoms with Crippen molar-refractivity contribution in [1.82, 2.24) is 5.32 Å². The van der Waals surface area contributed by atoms with Crippen LogP contribution in [0.15, 0.2) is 84.9 Å². The van der Waals surface area contributed by atoms with Crippen molar-refractivity contribution in [3.8, 4) is 0 Å². The largest absolute Gasteiger partial charge is 0.383 e. The van der Waals surface area contributed by atoms with E-state index in [4.69, 9.17) is 0 Å². The molecule has 1 fully saturated rings. The van der Waals surface area contributed by atoms with Crippen molar-refractivity contribution in [3.63, 3.8) is 0 Å². The average molecular weight is 429 g/mol. The first-order valence-electron chi connectivity index (χ1n) is 11.1. The molecule has 3 aromatic carbocycles. The average Bonchev–Trinajstić information content (AvgIpc) is 2.84. The molecule has 2 N–H and O–H groups in total. The van der Waals surface area contributed by atoms with Gasteiger partial charge in [-0.2, -0.15) is 0 Å². The molecule has 4 rings (SSSR count). The van der Waals surface area contributed by atoms with Crippen LogP contribution in [0.4, 0.5) is 5.69 Å². The summed E-state index contributed by atoms with van der Waals surface area (Å²) in [6.07, 6.45) is 2.88. The number of piperidine rings is 1. The molecule has 0 spiro atoms. The van der Waals surface area contributed by atoms with Crippen LogP contribution in [0.3, 0.4) is 0 Å². The molecule has 0 unspecified atom stereocenters. The van der Waals surface area contributed by atoms with Crippen molar-refractivity contribution < 1.29 is 14.7 Å². The Balaban J connectivity index is 1.47. The van der Waals surface area contributed by atoms with Crippen molar-refractivity contribution in [2.24, 2.45) is 0 Å². The summed E-state index contributed by atoms with van der Waals surface area (Å²) in [5, 5.41) is 14.4. The van der Waals surface area contributed by atoms with Gasteiger partial charge in [-0.1, -0.05) is 60.7 Å². The lowest BCUT2D eigenvalue weighted by Gasteiger charge is -2.29. The fourth-order valence-electron chi connectivity index (χ4n) is 4.15. The highest BCUT2D eigenvalue weighted by molar-refractivity contribution is 5.97. The van der Waals surface area contributed by atoms with Gasteiger partial charge in [0.25, 0.3) is 5.91 Å². The van der Waals surface area contributed by atoms with Crippen LogP contribution in [0.5, 0.6) is 0 Å². The summed E-state index contributed by atoms with van der Waals surface area (Å²) < 4.78 is 0. The van der Waals surface area contributed by atoms with E-state index in [1.807, 2.05) is 72.8 Å². The van der Waals surface area contributed by atoms with Gasteiger partial charge in [-0.05, 0) is 48.2 Å². The number of amides is 2. The predicted molar refractivity (Wildman–Crippen MR) is 125 cm³/mol. The van der Waals surface area contributed by atoms with Crippen molar-refractivity contribution in [1.29, 1.82) is 0 Å². The number of hydrogen-bond acceptors (Lipinski definition) is 3. The van der Waals surface area contributed by atoms with Gasteiger partial charge in [0.2, 0.25) is 5.91 Å². The number of aliphatic hydroxyl groups is 1. The third-order valence-corrected chi connectivity index (χ3v) is 5.96. The number of nitrogens with zero attached hydrogens (tertiary/aromatic N) is 1. The Morgan fingerprint density at radius 2 is 1.56 bits per heavy atom. The third kappa shape index (κ3) is 5.06. The second kappa shape index (κ2) is 9.79. The Bertz CT molecular complexity index is 1050. The Morgan fingerprint density at radius 3 is 2.22 bits per heavy atom. The van der Waals surface area contributed by atoms with Gasteiger partial charge in [-0.15, -0.1) is 0 Å². The van der Waals surface area contributed by atoms with Crippen LogP contribution in [-0.4, -0.2) is 30.0 Å². The number of benzene rings is 3. The van der Waals surface area contributed by atoms with Gasteiger partial charge in [0, 0.05) is 30.6 Å². The van der Waals surface area contributed by atoms with Gasteiger partial charge in [-0.3, -0.25) is 9.59 Å². The number of carbonyl (C=O) groups is 2. The van der Waals surface area contributed by atoms with Crippen molar-refractivity contribution in [2.75, 3.05) is 18.0 Å². The van der Waals surface area contributed by atoms with Crippen LogP contribution < -0.4 is 10.2 Å². The van der Waals surface area contributed by atoms with E-state index in [-0.39, 0.29) is 18.4 Å². The quantitative estimate of drug-likeness (QED) is 0.596. The SMILES string of the molecule is O=C(NC[C@@](O)(Cc1ccccc1)c1ccccc1)c1ccc(N2CCCCC2=O)cc1. The highest BCUT2D eigenvalue weighted by atomic mass is 16.3. The summed E-state index contributed by atoms with van der Waals surface area (Å²) in [5.74, 6) is -0.133. The topological polar surface area (TPSA) is 69.6 Å². The fraction of sp³-hybridized carbons (Fsp3) is 0.259. The minimum atomic E-state index is -1.24. The maximum atomic E-state index is 12.8. The van der Waals surface area contributed by atoms with Gasteiger partial charge < -0.3 is 15.3 Å². The van der Waals surface area contributed by atoms with E-state index in [2.05, 4.69) is 5.32 Å². The zero-order chi connectivity index (χ0) is 22.4. The van der Waals surface area contributed by atoms with E-state index >= 15 is 0 Å². The van der Waals surface area contributed by atoms with Gasteiger partial charge in [0.05, 0.1) is 6.54 Å². The molecule has 0 aliphatic carbocycles. The zero-order valence-corrected chi connectivity index (χ0v) is 18.0. The van der Waals surface area contributed by atoms with E-state index in [1.54, 1.807) is 17.0 Å². The lowest BCUT2D eigenvalue weighted by atomic mass is 9.87. The fourth-order valence-corrected chi connectivity index (χ4v) is 4.15. The van der Waals surface area contributed by atoms with Crippen LogP contribution in [0.25, 0.3) is 0 Å². The molecule has 1 atom stereocenters. The van der Waals surface area contributed by atoms with Crippen molar-refractivity contribution >= 4 is 17.5 Å². The Kier molecular flexibility index (Phi) is 6.66. The van der Waals surface area contributed by atoms with Gasteiger partial charge in [0.15, 0.2) is 0 Å². The number of anilines is 1. The first kappa shape index (κ1) is 21.8. The molecule has 0 aromatic heterocycles. The van der Waals surface area contributed by atoms with Crippen LogP contribution in [-0.2, 0) is 16.8 Å². The summed E-state index contributed by atoms with van der Waals surface area (Å²) in [7, 11) is 0. The molecule has 5 heteroatoms. The van der Waals surface area contributed by atoms with Crippen LogP contribution >= 0.6 is 0 Å². The van der Waals surface area contributed by atoms with Crippen molar-refractivity contribution in [3.05, 3.63) is 102 Å². The maximum Gasteiger partial charge on any atom is 0.251 e. The summed E-state index contributed by atoms with van der Waals surface area (Å²) >= 11 is 0. The smallest absolute Gasteiger partial charge is 0.251 e. The molecule has 32 heavy (non-hydrogen) atoms. The minimum Gasteiger partial charge on any atom is -0.383 e. The van der Waals surface area contributed by atoms with Gasteiger partial charge >= 0.3 is 0 Å². The van der Waals surface area contributed by atoms with E-state index in [0.29, 0.717) is 24.9 Å². The second-order valence-electron chi connectivity index (χ2n) is 8.29. The molecule has 0 saturated carbocycles. The molecule has 3 aromatic rings. The number of hydrogen-bond donors (Lipinski definition) is 2. The first-order chi connectivity index (χ1) is 15.5. The van der Waals surface area contributed by atoms with Crippen LogP contribution in [0.1, 0.15) is 40.7 Å². The Hall–Kier alpha value is -3.44. The highest BCUT2D eigenvalue weighted by Gasteiger charge is 2.30. The normalized spacial score (nSPS) is 15.8. The number of carbonyl (C=O) groups excluding carboxylic acids is 2. The molecule has 1 heterocycles. The molecule has 5 nitrogen and oxygen atoms in total. The van der Waals surface area contributed by atoms with Gasteiger partial charge in [-0.25, -0.2) is 0 Å². The van der Waals surface area contributed by atoms with E-state index in [9.17, 15) is 14.7 Å². The zero-order valence-electron chi connectivity index (χ0n) is 18.0. The molecule has 1 aliphatic rings.